The van der Waals surface area contributed by atoms with Crippen LogP contribution in [0.5, 0.6) is 5.75 Å². The molecule has 3 N–H and O–H groups in total. The molecule has 0 saturated carbocycles. The number of amides is 1. The molecule has 3 aromatic carbocycles. The number of non-ortho nitro benzene ring substituents is 1. The van der Waals surface area contributed by atoms with Gasteiger partial charge < -0.3 is 10.8 Å². The van der Waals surface area contributed by atoms with E-state index in [-0.39, 0.29) is 34.9 Å². The lowest BCUT2D eigenvalue weighted by Crippen LogP contribution is -2.42. The standard InChI is InChI=1S/C22H20ClN3O6S/c23-17-6-9-19(10-7-17)33(31,32)25(21(22(24)28)15-4-2-1-3-5-15)13-12-16-14-18(26(29)30)8-11-20(16)27/h1-11,14,21,27H,12-13H2,(H2,24,28)/t21-/m1/s1. The van der Waals surface area contributed by atoms with E-state index in [0.717, 1.165) is 22.5 Å². The van der Waals surface area contributed by atoms with Crippen molar-refractivity contribution in [3.8, 4) is 5.75 Å². The summed E-state index contributed by atoms with van der Waals surface area (Å²) >= 11 is 5.88. The molecular weight excluding hydrogens is 470 g/mol. The Morgan fingerprint density at radius 1 is 1.09 bits per heavy atom. The molecule has 3 rings (SSSR count). The van der Waals surface area contributed by atoms with Crippen molar-refractivity contribution in [2.45, 2.75) is 17.4 Å². The maximum Gasteiger partial charge on any atom is 0.269 e. The van der Waals surface area contributed by atoms with Gasteiger partial charge in [0.05, 0.1) is 9.82 Å². The summed E-state index contributed by atoms with van der Waals surface area (Å²) in [4.78, 5) is 22.8. The Morgan fingerprint density at radius 3 is 2.30 bits per heavy atom. The van der Waals surface area contributed by atoms with Gasteiger partial charge in [0.1, 0.15) is 11.8 Å². The lowest BCUT2D eigenvalue weighted by Gasteiger charge is -2.29. The third-order valence-electron chi connectivity index (χ3n) is 4.97. The minimum atomic E-state index is -4.26. The number of nitro benzene ring substituents is 1. The Balaban J connectivity index is 2.07. The van der Waals surface area contributed by atoms with Gasteiger partial charge in [0, 0.05) is 29.3 Å². The second kappa shape index (κ2) is 9.99. The van der Waals surface area contributed by atoms with Gasteiger partial charge in [-0.25, -0.2) is 8.42 Å². The third-order valence-corrected chi connectivity index (χ3v) is 7.10. The van der Waals surface area contributed by atoms with E-state index in [1.807, 2.05) is 0 Å². The predicted molar refractivity (Wildman–Crippen MR) is 122 cm³/mol. The topological polar surface area (TPSA) is 144 Å². The second-order valence-electron chi connectivity index (χ2n) is 7.11. The molecule has 33 heavy (non-hydrogen) atoms. The first-order valence-electron chi connectivity index (χ1n) is 9.69. The molecule has 0 spiro atoms. The zero-order valence-corrected chi connectivity index (χ0v) is 18.7. The number of nitrogens with two attached hydrogens (primary N) is 1. The molecule has 0 radical (unpaired) electrons. The first kappa shape index (κ1) is 24.2. The van der Waals surface area contributed by atoms with E-state index in [1.165, 1.54) is 24.3 Å². The molecule has 11 heteroatoms. The van der Waals surface area contributed by atoms with Crippen molar-refractivity contribution in [1.82, 2.24) is 4.31 Å². The predicted octanol–water partition coefficient (Wildman–Crippen LogP) is 3.41. The highest BCUT2D eigenvalue weighted by molar-refractivity contribution is 7.89. The number of rotatable bonds is 9. The molecule has 0 heterocycles. The Bertz CT molecular complexity index is 1270. The number of hydrogen-bond donors (Lipinski definition) is 2. The monoisotopic (exact) mass is 489 g/mol. The molecular formula is C22H20ClN3O6S. The molecule has 0 saturated heterocycles. The zero-order chi connectivity index (χ0) is 24.2. The lowest BCUT2D eigenvalue weighted by molar-refractivity contribution is -0.384. The first-order chi connectivity index (χ1) is 15.6. The van der Waals surface area contributed by atoms with E-state index in [1.54, 1.807) is 30.3 Å². The SMILES string of the molecule is NC(=O)[C@@H](c1ccccc1)N(CCc1cc([N+](=O)[O-])ccc1O)S(=O)(=O)c1ccc(Cl)cc1. The van der Waals surface area contributed by atoms with Crippen molar-refractivity contribution in [3.05, 3.63) is 99.1 Å². The molecule has 0 fully saturated rings. The quantitative estimate of drug-likeness (QED) is 0.348. The van der Waals surface area contributed by atoms with Crippen LogP contribution in [0.3, 0.4) is 0 Å². The van der Waals surface area contributed by atoms with E-state index in [2.05, 4.69) is 0 Å². The summed E-state index contributed by atoms with van der Waals surface area (Å²) in [6, 6.07) is 15.7. The molecule has 0 bridgehead atoms. The Kier molecular flexibility index (Phi) is 7.32. The van der Waals surface area contributed by atoms with Gasteiger partial charge in [-0.05, 0) is 42.3 Å². The first-order valence-corrected chi connectivity index (χ1v) is 11.5. The van der Waals surface area contributed by atoms with Crippen molar-refractivity contribution in [2.75, 3.05) is 6.54 Å². The van der Waals surface area contributed by atoms with Gasteiger partial charge in [-0.1, -0.05) is 41.9 Å². The number of phenols is 1. The second-order valence-corrected chi connectivity index (χ2v) is 9.43. The number of carbonyl (C=O) groups is 1. The van der Waals surface area contributed by atoms with Gasteiger partial charge in [0.15, 0.2) is 0 Å². The number of hydrogen-bond acceptors (Lipinski definition) is 6. The zero-order valence-electron chi connectivity index (χ0n) is 17.2. The van der Waals surface area contributed by atoms with Crippen LogP contribution < -0.4 is 5.73 Å². The maximum absolute atomic E-state index is 13.5. The van der Waals surface area contributed by atoms with E-state index in [0.29, 0.717) is 10.6 Å². The average Bonchev–Trinajstić information content (AvgIpc) is 2.77. The van der Waals surface area contributed by atoms with Gasteiger partial charge in [-0.3, -0.25) is 14.9 Å². The van der Waals surface area contributed by atoms with Crippen molar-refractivity contribution >= 4 is 33.2 Å². The number of sulfonamides is 1. The van der Waals surface area contributed by atoms with Crippen LogP contribution >= 0.6 is 11.6 Å². The Labute approximate surface area is 195 Å². The number of nitro groups is 1. The molecule has 0 unspecified atom stereocenters. The molecule has 3 aromatic rings. The fourth-order valence-electron chi connectivity index (χ4n) is 3.35. The van der Waals surface area contributed by atoms with Crippen molar-refractivity contribution in [2.24, 2.45) is 5.73 Å². The highest BCUT2D eigenvalue weighted by Crippen LogP contribution is 2.30. The molecule has 0 aliphatic carbocycles. The van der Waals surface area contributed by atoms with Crippen molar-refractivity contribution < 1.29 is 23.2 Å². The number of primary amides is 1. The van der Waals surface area contributed by atoms with Crippen LogP contribution in [0.2, 0.25) is 5.02 Å². The summed E-state index contributed by atoms with van der Waals surface area (Å²) in [5.41, 5.74) is 5.87. The molecule has 0 aliphatic rings. The summed E-state index contributed by atoms with van der Waals surface area (Å²) in [5.74, 6) is -1.14. The molecule has 172 valence electrons. The van der Waals surface area contributed by atoms with Crippen molar-refractivity contribution in [3.63, 3.8) is 0 Å². The number of nitrogens with zero attached hydrogens (tertiary/aromatic N) is 2. The minimum absolute atomic E-state index is 0.114. The van der Waals surface area contributed by atoms with Gasteiger partial charge in [0.25, 0.3) is 5.69 Å². The van der Waals surface area contributed by atoms with Gasteiger partial charge in [-0.15, -0.1) is 0 Å². The van der Waals surface area contributed by atoms with Gasteiger partial charge in [-0.2, -0.15) is 4.31 Å². The molecule has 0 aliphatic heterocycles. The minimum Gasteiger partial charge on any atom is -0.508 e. The third kappa shape index (κ3) is 5.48. The van der Waals surface area contributed by atoms with Crippen LogP contribution in [0.1, 0.15) is 17.2 Å². The lowest BCUT2D eigenvalue weighted by atomic mass is 10.1. The average molecular weight is 490 g/mol. The summed E-state index contributed by atoms with van der Waals surface area (Å²) in [7, 11) is -4.26. The normalized spacial score (nSPS) is 12.4. The molecule has 0 aromatic heterocycles. The number of carbonyl (C=O) groups excluding carboxylic acids is 1. The molecule has 9 nitrogen and oxygen atoms in total. The maximum atomic E-state index is 13.5. The van der Waals surface area contributed by atoms with E-state index < -0.39 is 26.9 Å². The van der Waals surface area contributed by atoms with Crippen LogP contribution in [0.4, 0.5) is 5.69 Å². The Hall–Kier alpha value is -3.47. The van der Waals surface area contributed by atoms with Crippen LogP contribution in [-0.2, 0) is 21.2 Å². The van der Waals surface area contributed by atoms with Crippen LogP contribution in [0, 0.1) is 10.1 Å². The number of aromatic hydroxyl groups is 1. The van der Waals surface area contributed by atoms with Crippen LogP contribution in [-0.4, -0.2) is 35.2 Å². The van der Waals surface area contributed by atoms with Crippen molar-refractivity contribution in [1.29, 1.82) is 0 Å². The van der Waals surface area contributed by atoms with E-state index >= 15 is 0 Å². The highest BCUT2D eigenvalue weighted by Gasteiger charge is 2.36. The fourth-order valence-corrected chi connectivity index (χ4v) is 5.07. The van der Waals surface area contributed by atoms with Gasteiger partial charge >= 0.3 is 0 Å². The number of phenolic OH excluding ortho intramolecular Hbond substituents is 1. The molecule has 1 amide bonds. The summed E-state index contributed by atoms with van der Waals surface area (Å²) < 4.78 is 28.0. The Morgan fingerprint density at radius 2 is 1.73 bits per heavy atom. The highest BCUT2D eigenvalue weighted by atomic mass is 35.5. The van der Waals surface area contributed by atoms with E-state index in [4.69, 9.17) is 17.3 Å². The summed E-state index contributed by atoms with van der Waals surface area (Å²) in [5, 5.41) is 21.6. The smallest absolute Gasteiger partial charge is 0.269 e. The number of halogens is 1. The molecule has 1 atom stereocenters. The largest absolute Gasteiger partial charge is 0.508 e. The summed E-state index contributed by atoms with van der Waals surface area (Å²) in [6.07, 6.45) is -0.114. The van der Waals surface area contributed by atoms with Gasteiger partial charge in [0.2, 0.25) is 15.9 Å². The van der Waals surface area contributed by atoms with Crippen LogP contribution in [0.15, 0.2) is 77.7 Å². The van der Waals surface area contributed by atoms with Crippen LogP contribution in [0.25, 0.3) is 0 Å². The van der Waals surface area contributed by atoms with E-state index in [9.17, 15) is 28.4 Å². The number of benzene rings is 3. The summed E-state index contributed by atoms with van der Waals surface area (Å²) in [6.45, 7) is -0.289. The fraction of sp³-hybridized carbons (Fsp3) is 0.136.